The summed E-state index contributed by atoms with van der Waals surface area (Å²) in [5.74, 6) is 0.228. The molecule has 150 valence electrons. The molecular formula is C23H25N3O3. The van der Waals surface area contributed by atoms with Crippen molar-refractivity contribution in [1.29, 1.82) is 0 Å². The zero-order valence-electron chi connectivity index (χ0n) is 16.9. The molecule has 0 aliphatic heterocycles. The monoisotopic (exact) mass is 391 g/mol. The number of rotatable bonds is 7. The summed E-state index contributed by atoms with van der Waals surface area (Å²) in [6.07, 6.45) is 0. The molecule has 0 spiro atoms. The Hall–Kier alpha value is -3.54. The van der Waals surface area contributed by atoms with Crippen LogP contribution in [0, 0.1) is 13.8 Å². The molecule has 1 aromatic heterocycles. The molecular weight excluding hydrogens is 366 g/mol. The number of hydrogen-bond donors (Lipinski definition) is 2. The van der Waals surface area contributed by atoms with Crippen molar-refractivity contribution in [2.45, 2.75) is 20.8 Å². The standard InChI is InChI=1S/C23H25N3O3/c1-4-24-22(27)15-29-20-12-10-18(11-13-20)25-23(28)21-14-16(2)26(17(21)3)19-8-6-5-7-9-19/h5-14H,4,15H2,1-3H3,(H,24,27)(H,25,28). The number of anilines is 1. The number of aryl methyl sites for hydroxylation is 1. The number of carbonyl (C=O) groups excluding carboxylic acids is 2. The molecule has 0 aliphatic carbocycles. The van der Waals surface area contributed by atoms with Gasteiger partial charge in [-0.25, -0.2) is 0 Å². The first-order valence-electron chi connectivity index (χ1n) is 9.55. The van der Waals surface area contributed by atoms with Gasteiger partial charge in [0.25, 0.3) is 11.8 Å². The predicted molar refractivity (Wildman–Crippen MR) is 114 cm³/mol. The van der Waals surface area contributed by atoms with Crippen molar-refractivity contribution in [3.05, 3.63) is 77.6 Å². The van der Waals surface area contributed by atoms with Gasteiger partial charge in [0, 0.05) is 29.3 Å². The smallest absolute Gasteiger partial charge is 0.257 e. The summed E-state index contributed by atoms with van der Waals surface area (Å²) < 4.78 is 7.49. The van der Waals surface area contributed by atoms with E-state index in [1.807, 2.05) is 57.2 Å². The van der Waals surface area contributed by atoms with Gasteiger partial charge in [-0.1, -0.05) is 18.2 Å². The van der Waals surface area contributed by atoms with Crippen molar-refractivity contribution in [3.63, 3.8) is 0 Å². The van der Waals surface area contributed by atoms with Crippen LogP contribution in [-0.4, -0.2) is 29.5 Å². The van der Waals surface area contributed by atoms with Crippen molar-refractivity contribution >= 4 is 17.5 Å². The largest absolute Gasteiger partial charge is 0.484 e. The molecule has 0 aliphatic rings. The maximum atomic E-state index is 12.8. The number of amides is 2. The second kappa shape index (κ2) is 9.10. The highest BCUT2D eigenvalue weighted by atomic mass is 16.5. The Bertz CT molecular complexity index is 992. The average molecular weight is 391 g/mol. The van der Waals surface area contributed by atoms with E-state index in [0.29, 0.717) is 23.5 Å². The molecule has 2 N–H and O–H groups in total. The van der Waals surface area contributed by atoms with Gasteiger partial charge in [-0.05, 0) is 63.2 Å². The third kappa shape index (κ3) is 4.85. The third-order valence-electron chi connectivity index (χ3n) is 4.55. The molecule has 6 nitrogen and oxygen atoms in total. The first-order chi connectivity index (χ1) is 14.0. The number of para-hydroxylation sites is 1. The predicted octanol–water partition coefficient (Wildman–Crippen LogP) is 3.86. The van der Waals surface area contributed by atoms with Crippen LogP contribution in [0.2, 0.25) is 0 Å². The van der Waals surface area contributed by atoms with Gasteiger partial charge in [-0.15, -0.1) is 0 Å². The van der Waals surface area contributed by atoms with Gasteiger partial charge in [-0.2, -0.15) is 0 Å². The van der Waals surface area contributed by atoms with E-state index in [0.717, 1.165) is 17.1 Å². The number of carbonyl (C=O) groups is 2. The van der Waals surface area contributed by atoms with Crippen LogP contribution in [0.4, 0.5) is 5.69 Å². The van der Waals surface area contributed by atoms with Gasteiger partial charge in [-0.3, -0.25) is 9.59 Å². The zero-order chi connectivity index (χ0) is 20.8. The lowest BCUT2D eigenvalue weighted by molar-refractivity contribution is -0.122. The lowest BCUT2D eigenvalue weighted by Gasteiger charge is -2.10. The van der Waals surface area contributed by atoms with E-state index in [1.54, 1.807) is 24.3 Å². The highest BCUT2D eigenvalue weighted by molar-refractivity contribution is 6.05. The lowest BCUT2D eigenvalue weighted by atomic mass is 10.2. The van der Waals surface area contributed by atoms with Gasteiger partial charge in [0.1, 0.15) is 5.75 Å². The number of aromatic nitrogens is 1. The second-order valence-corrected chi connectivity index (χ2v) is 6.68. The van der Waals surface area contributed by atoms with Gasteiger partial charge >= 0.3 is 0 Å². The van der Waals surface area contributed by atoms with Gasteiger partial charge in [0.2, 0.25) is 0 Å². The van der Waals surface area contributed by atoms with E-state index in [2.05, 4.69) is 15.2 Å². The maximum absolute atomic E-state index is 12.8. The lowest BCUT2D eigenvalue weighted by Crippen LogP contribution is -2.28. The fourth-order valence-corrected chi connectivity index (χ4v) is 3.20. The Morgan fingerprint density at radius 2 is 1.69 bits per heavy atom. The second-order valence-electron chi connectivity index (χ2n) is 6.68. The Balaban J connectivity index is 1.69. The highest BCUT2D eigenvalue weighted by Gasteiger charge is 2.16. The fourth-order valence-electron chi connectivity index (χ4n) is 3.20. The van der Waals surface area contributed by atoms with Crippen LogP contribution in [0.25, 0.3) is 5.69 Å². The molecule has 6 heteroatoms. The van der Waals surface area contributed by atoms with Crippen LogP contribution in [0.5, 0.6) is 5.75 Å². The summed E-state index contributed by atoms with van der Waals surface area (Å²) in [6, 6.07) is 18.8. The summed E-state index contributed by atoms with van der Waals surface area (Å²) >= 11 is 0. The summed E-state index contributed by atoms with van der Waals surface area (Å²) in [5.41, 5.74) is 4.18. The Morgan fingerprint density at radius 3 is 2.34 bits per heavy atom. The summed E-state index contributed by atoms with van der Waals surface area (Å²) in [7, 11) is 0. The van der Waals surface area contributed by atoms with Gasteiger partial charge < -0.3 is 19.9 Å². The van der Waals surface area contributed by atoms with E-state index in [9.17, 15) is 9.59 Å². The molecule has 0 radical (unpaired) electrons. The van der Waals surface area contributed by atoms with Crippen molar-refractivity contribution in [2.24, 2.45) is 0 Å². The molecule has 29 heavy (non-hydrogen) atoms. The highest BCUT2D eigenvalue weighted by Crippen LogP contribution is 2.22. The maximum Gasteiger partial charge on any atom is 0.257 e. The van der Waals surface area contributed by atoms with Gasteiger partial charge in [0.15, 0.2) is 6.61 Å². The van der Waals surface area contributed by atoms with Gasteiger partial charge in [0.05, 0.1) is 5.56 Å². The average Bonchev–Trinajstić information content (AvgIpc) is 3.02. The summed E-state index contributed by atoms with van der Waals surface area (Å²) in [4.78, 5) is 24.2. The van der Waals surface area contributed by atoms with Crippen LogP contribution in [0.1, 0.15) is 28.7 Å². The Kier molecular flexibility index (Phi) is 6.34. The molecule has 0 bridgehead atoms. The Labute approximate surface area is 170 Å². The molecule has 3 rings (SSSR count). The summed E-state index contributed by atoms with van der Waals surface area (Å²) in [5, 5.41) is 5.59. The van der Waals surface area contributed by atoms with E-state index >= 15 is 0 Å². The third-order valence-corrected chi connectivity index (χ3v) is 4.55. The molecule has 0 unspecified atom stereocenters. The minimum Gasteiger partial charge on any atom is -0.484 e. The first kappa shape index (κ1) is 20.2. The quantitative estimate of drug-likeness (QED) is 0.642. The number of nitrogens with one attached hydrogen (secondary N) is 2. The van der Waals surface area contributed by atoms with Crippen LogP contribution >= 0.6 is 0 Å². The number of likely N-dealkylation sites (N-methyl/N-ethyl adjacent to an activating group) is 1. The topological polar surface area (TPSA) is 72.4 Å². The van der Waals surface area contributed by atoms with E-state index in [4.69, 9.17) is 4.74 Å². The van der Waals surface area contributed by atoms with Crippen molar-refractivity contribution in [1.82, 2.24) is 9.88 Å². The van der Waals surface area contributed by atoms with Crippen molar-refractivity contribution in [3.8, 4) is 11.4 Å². The molecule has 2 aromatic carbocycles. The van der Waals surface area contributed by atoms with Crippen molar-refractivity contribution in [2.75, 3.05) is 18.5 Å². The molecule has 0 saturated heterocycles. The van der Waals surface area contributed by atoms with Crippen molar-refractivity contribution < 1.29 is 14.3 Å². The first-order valence-corrected chi connectivity index (χ1v) is 9.55. The normalized spacial score (nSPS) is 10.4. The van der Waals surface area contributed by atoms with Crippen LogP contribution in [0.3, 0.4) is 0 Å². The zero-order valence-corrected chi connectivity index (χ0v) is 16.9. The molecule has 2 amide bonds. The summed E-state index contributed by atoms with van der Waals surface area (Å²) in [6.45, 7) is 6.31. The molecule has 0 saturated carbocycles. The van der Waals surface area contributed by atoms with E-state index in [1.165, 1.54) is 0 Å². The molecule has 0 atom stereocenters. The molecule has 0 fully saturated rings. The van der Waals surface area contributed by atoms with Crippen LogP contribution < -0.4 is 15.4 Å². The SMILES string of the molecule is CCNC(=O)COc1ccc(NC(=O)c2cc(C)n(-c3ccccc3)c2C)cc1. The number of nitrogens with zero attached hydrogens (tertiary/aromatic N) is 1. The minimum absolute atomic E-state index is 0.0367. The number of ether oxygens (including phenoxy) is 1. The molecule has 3 aromatic rings. The van der Waals surface area contributed by atoms with E-state index in [-0.39, 0.29) is 18.4 Å². The number of hydrogen-bond acceptors (Lipinski definition) is 3. The van der Waals surface area contributed by atoms with Crippen LogP contribution in [-0.2, 0) is 4.79 Å². The van der Waals surface area contributed by atoms with Crippen LogP contribution in [0.15, 0.2) is 60.7 Å². The number of benzene rings is 2. The van der Waals surface area contributed by atoms with E-state index < -0.39 is 0 Å². The minimum atomic E-state index is -0.170. The fraction of sp³-hybridized carbons (Fsp3) is 0.217. The molecule has 1 heterocycles. The Morgan fingerprint density at radius 1 is 1.00 bits per heavy atom.